The van der Waals surface area contributed by atoms with Crippen molar-refractivity contribution in [3.05, 3.63) is 22.8 Å². The third kappa shape index (κ3) is 3.48. The van der Waals surface area contributed by atoms with Crippen LogP contribution in [0.15, 0.2) is 22.8 Å². The first-order valence-electron chi connectivity index (χ1n) is 6.10. The van der Waals surface area contributed by atoms with Gasteiger partial charge in [-0.25, -0.2) is 4.98 Å². The molecule has 1 saturated carbocycles. The SMILES string of the molecule is CC1CCCC(CNc2cccc(Br)n2)C1. The minimum absolute atomic E-state index is 0.824. The monoisotopic (exact) mass is 282 g/mol. The van der Waals surface area contributed by atoms with Gasteiger partial charge in [-0.2, -0.15) is 0 Å². The topological polar surface area (TPSA) is 24.9 Å². The number of anilines is 1. The normalized spacial score (nSPS) is 25.4. The summed E-state index contributed by atoms with van der Waals surface area (Å²) in [6.07, 6.45) is 5.53. The molecular formula is C13H19BrN2. The molecule has 1 fully saturated rings. The summed E-state index contributed by atoms with van der Waals surface area (Å²) in [5, 5.41) is 3.43. The minimum Gasteiger partial charge on any atom is -0.370 e. The molecule has 1 aromatic heterocycles. The number of hydrogen-bond acceptors (Lipinski definition) is 2. The molecule has 0 spiro atoms. The van der Waals surface area contributed by atoms with Crippen molar-refractivity contribution in [2.75, 3.05) is 11.9 Å². The van der Waals surface area contributed by atoms with Crippen LogP contribution < -0.4 is 5.32 Å². The van der Waals surface area contributed by atoms with Gasteiger partial charge in [-0.1, -0.05) is 25.8 Å². The molecule has 2 rings (SSSR count). The van der Waals surface area contributed by atoms with Crippen LogP contribution in [0.4, 0.5) is 5.82 Å². The second-order valence-electron chi connectivity index (χ2n) is 4.86. The highest BCUT2D eigenvalue weighted by atomic mass is 79.9. The Labute approximate surface area is 106 Å². The number of aromatic nitrogens is 1. The molecule has 2 atom stereocenters. The molecule has 1 heterocycles. The Bertz CT molecular complexity index is 340. The first kappa shape index (κ1) is 11.9. The third-order valence-corrected chi connectivity index (χ3v) is 3.77. The van der Waals surface area contributed by atoms with E-state index in [1.165, 1.54) is 25.7 Å². The highest BCUT2D eigenvalue weighted by molar-refractivity contribution is 9.10. The van der Waals surface area contributed by atoms with Crippen LogP contribution in [0.25, 0.3) is 0 Å². The molecule has 0 saturated heterocycles. The van der Waals surface area contributed by atoms with Crippen molar-refractivity contribution in [1.29, 1.82) is 0 Å². The Morgan fingerprint density at radius 2 is 2.31 bits per heavy atom. The van der Waals surface area contributed by atoms with Crippen LogP contribution in [0.3, 0.4) is 0 Å². The summed E-state index contributed by atoms with van der Waals surface area (Å²) in [6, 6.07) is 5.99. The van der Waals surface area contributed by atoms with E-state index < -0.39 is 0 Å². The van der Waals surface area contributed by atoms with E-state index in [9.17, 15) is 0 Å². The molecular weight excluding hydrogens is 264 g/mol. The predicted molar refractivity (Wildman–Crippen MR) is 71.5 cm³/mol. The van der Waals surface area contributed by atoms with E-state index >= 15 is 0 Å². The second kappa shape index (κ2) is 5.67. The Balaban J connectivity index is 1.82. The molecule has 0 aromatic carbocycles. The Kier molecular flexibility index (Phi) is 4.22. The van der Waals surface area contributed by atoms with Gasteiger partial charge in [0.2, 0.25) is 0 Å². The average Bonchev–Trinajstić information content (AvgIpc) is 2.27. The molecule has 2 unspecified atom stereocenters. The number of nitrogens with one attached hydrogen (secondary N) is 1. The Hall–Kier alpha value is -0.570. The van der Waals surface area contributed by atoms with E-state index in [0.29, 0.717) is 0 Å². The average molecular weight is 283 g/mol. The summed E-state index contributed by atoms with van der Waals surface area (Å²) >= 11 is 3.39. The van der Waals surface area contributed by atoms with Crippen LogP contribution >= 0.6 is 15.9 Å². The molecule has 1 N–H and O–H groups in total. The van der Waals surface area contributed by atoms with Gasteiger partial charge in [0, 0.05) is 6.54 Å². The highest BCUT2D eigenvalue weighted by Gasteiger charge is 2.18. The summed E-state index contributed by atoms with van der Waals surface area (Å²) in [5.41, 5.74) is 0. The maximum atomic E-state index is 4.38. The first-order valence-corrected chi connectivity index (χ1v) is 6.90. The van der Waals surface area contributed by atoms with E-state index in [-0.39, 0.29) is 0 Å². The van der Waals surface area contributed by atoms with Crippen LogP contribution in [0.2, 0.25) is 0 Å². The van der Waals surface area contributed by atoms with Gasteiger partial charge in [0.25, 0.3) is 0 Å². The summed E-state index contributed by atoms with van der Waals surface area (Å²) in [6.45, 7) is 3.43. The summed E-state index contributed by atoms with van der Waals surface area (Å²) < 4.78 is 0.898. The molecule has 0 bridgehead atoms. The maximum absolute atomic E-state index is 4.38. The smallest absolute Gasteiger partial charge is 0.127 e. The molecule has 0 radical (unpaired) electrons. The van der Waals surface area contributed by atoms with Crippen LogP contribution in [-0.4, -0.2) is 11.5 Å². The zero-order valence-electron chi connectivity index (χ0n) is 9.75. The number of rotatable bonds is 3. The zero-order valence-corrected chi connectivity index (χ0v) is 11.3. The number of halogens is 1. The second-order valence-corrected chi connectivity index (χ2v) is 5.68. The fourth-order valence-corrected chi connectivity index (χ4v) is 2.84. The van der Waals surface area contributed by atoms with Crippen LogP contribution in [0.1, 0.15) is 32.6 Å². The lowest BCUT2D eigenvalue weighted by atomic mass is 9.82. The van der Waals surface area contributed by atoms with Crippen molar-refractivity contribution in [1.82, 2.24) is 4.98 Å². The van der Waals surface area contributed by atoms with Crippen LogP contribution in [0, 0.1) is 11.8 Å². The molecule has 1 aromatic rings. The lowest BCUT2D eigenvalue weighted by Crippen LogP contribution is -2.21. The lowest BCUT2D eigenvalue weighted by molar-refractivity contribution is 0.293. The van der Waals surface area contributed by atoms with E-state index in [4.69, 9.17) is 0 Å². The van der Waals surface area contributed by atoms with Crippen LogP contribution in [0.5, 0.6) is 0 Å². The summed E-state index contributed by atoms with van der Waals surface area (Å²) in [4.78, 5) is 4.38. The Morgan fingerprint density at radius 1 is 1.44 bits per heavy atom. The maximum Gasteiger partial charge on any atom is 0.127 e. The molecule has 3 heteroatoms. The van der Waals surface area contributed by atoms with Gasteiger partial charge in [-0.15, -0.1) is 0 Å². The molecule has 16 heavy (non-hydrogen) atoms. The predicted octanol–water partition coefficient (Wildman–Crippen LogP) is 4.08. The van der Waals surface area contributed by atoms with Crippen molar-refractivity contribution in [2.24, 2.45) is 11.8 Å². The molecule has 88 valence electrons. The number of nitrogens with zero attached hydrogens (tertiary/aromatic N) is 1. The highest BCUT2D eigenvalue weighted by Crippen LogP contribution is 2.28. The Morgan fingerprint density at radius 3 is 3.06 bits per heavy atom. The van der Waals surface area contributed by atoms with Gasteiger partial charge >= 0.3 is 0 Å². The molecule has 1 aliphatic carbocycles. The van der Waals surface area contributed by atoms with E-state index in [0.717, 1.165) is 28.8 Å². The van der Waals surface area contributed by atoms with Gasteiger partial charge in [0.05, 0.1) is 0 Å². The standard InChI is InChI=1S/C13H19BrN2/c1-10-4-2-5-11(8-10)9-15-13-7-3-6-12(14)16-13/h3,6-7,10-11H,2,4-5,8-9H2,1H3,(H,15,16). The van der Waals surface area contributed by atoms with Gasteiger partial charge < -0.3 is 5.32 Å². The molecule has 1 aliphatic rings. The summed E-state index contributed by atoms with van der Waals surface area (Å²) in [7, 11) is 0. The minimum atomic E-state index is 0.824. The first-order chi connectivity index (χ1) is 7.74. The van der Waals surface area contributed by atoms with Crippen molar-refractivity contribution < 1.29 is 0 Å². The fourth-order valence-electron chi connectivity index (χ4n) is 2.50. The zero-order chi connectivity index (χ0) is 11.4. The number of hydrogen-bond donors (Lipinski definition) is 1. The van der Waals surface area contributed by atoms with E-state index in [2.05, 4.69) is 33.2 Å². The molecule has 0 aliphatic heterocycles. The van der Waals surface area contributed by atoms with Gasteiger partial charge in [-0.3, -0.25) is 0 Å². The van der Waals surface area contributed by atoms with Crippen LogP contribution in [-0.2, 0) is 0 Å². The summed E-state index contributed by atoms with van der Waals surface area (Å²) in [5.74, 6) is 2.70. The van der Waals surface area contributed by atoms with Crippen molar-refractivity contribution in [3.63, 3.8) is 0 Å². The quantitative estimate of drug-likeness (QED) is 0.845. The number of pyridine rings is 1. The lowest BCUT2D eigenvalue weighted by Gasteiger charge is -2.26. The van der Waals surface area contributed by atoms with Gasteiger partial charge in [-0.05, 0) is 52.7 Å². The molecule has 2 nitrogen and oxygen atoms in total. The third-order valence-electron chi connectivity index (χ3n) is 3.33. The van der Waals surface area contributed by atoms with Crippen molar-refractivity contribution in [2.45, 2.75) is 32.6 Å². The van der Waals surface area contributed by atoms with Gasteiger partial charge in [0.15, 0.2) is 0 Å². The van der Waals surface area contributed by atoms with E-state index in [1.807, 2.05) is 18.2 Å². The van der Waals surface area contributed by atoms with E-state index in [1.54, 1.807) is 0 Å². The van der Waals surface area contributed by atoms with Gasteiger partial charge in [0.1, 0.15) is 10.4 Å². The van der Waals surface area contributed by atoms with Crippen molar-refractivity contribution >= 4 is 21.7 Å². The molecule has 0 amide bonds. The fraction of sp³-hybridized carbons (Fsp3) is 0.615. The van der Waals surface area contributed by atoms with Crippen molar-refractivity contribution in [3.8, 4) is 0 Å². The largest absolute Gasteiger partial charge is 0.370 e.